The molecule has 1 saturated heterocycles. The van der Waals surface area contributed by atoms with Crippen LogP contribution in [-0.4, -0.2) is 25.8 Å². The molecular weight excluding hydrogens is 308 g/mol. The van der Waals surface area contributed by atoms with Crippen LogP contribution in [0.15, 0.2) is 23.1 Å². The number of nitriles is 1. The Hall–Kier alpha value is -1.09. The Morgan fingerprint density at radius 3 is 2.57 bits per heavy atom. The SMILES string of the molecule is CCCC1CCN(S(=O)(=O)c2ccc(C#N)cc2Cl)CC1. The minimum atomic E-state index is -3.56. The molecule has 0 aromatic heterocycles. The zero-order valence-electron chi connectivity index (χ0n) is 12.0. The van der Waals surface area contributed by atoms with E-state index in [1.54, 1.807) is 0 Å². The Morgan fingerprint density at radius 1 is 1.38 bits per heavy atom. The number of halogens is 1. The van der Waals surface area contributed by atoms with Crippen LogP contribution in [0.1, 0.15) is 38.2 Å². The van der Waals surface area contributed by atoms with Gasteiger partial charge in [0.25, 0.3) is 0 Å². The Kier molecular flexibility index (Phi) is 5.26. The number of piperidine rings is 1. The van der Waals surface area contributed by atoms with Crippen molar-refractivity contribution in [3.05, 3.63) is 28.8 Å². The van der Waals surface area contributed by atoms with E-state index in [2.05, 4.69) is 6.92 Å². The van der Waals surface area contributed by atoms with E-state index in [9.17, 15) is 8.42 Å². The van der Waals surface area contributed by atoms with Crippen LogP contribution >= 0.6 is 11.6 Å². The number of rotatable bonds is 4. The lowest BCUT2D eigenvalue weighted by Gasteiger charge is -2.31. The zero-order chi connectivity index (χ0) is 15.5. The maximum atomic E-state index is 12.6. The number of benzene rings is 1. The van der Waals surface area contributed by atoms with Crippen LogP contribution in [-0.2, 0) is 10.0 Å². The van der Waals surface area contributed by atoms with Gasteiger partial charge in [0.05, 0.1) is 16.7 Å². The molecule has 2 rings (SSSR count). The predicted octanol–water partition coefficient (Wildman–Crippen LogP) is 3.41. The molecule has 1 aromatic rings. The van der Waals surface area contributed by atoms with Crippen LogP contribution in [0.4, 0.5) is 0 Å². The first-order valence-electron chi connectivity index (χ1n) is 7.18. The molecule has 0 radical (unpaired) electrons. The van der Waals surface area contributed by atoms with Gasteiger partial charge in [-0.2, -0.15) is 9.57 Å². The average Bonchev–Trinajstić information content (AvgIpc) is 2.47. The number of sulfonamides is 1. The largest absolute Gasteiger partial charge is 0.244 e. The van der Waals surface area contributed by atoms with Crippen LogP contribution < -0.4 is 0 Å². The van der Waals surface area contributed by atoms with E-state index < -0.39 is 10.0 Å². The van der Waals surface area contributed by atoms with Gasteiger partial charge in [-0.05, 0) is 37.0 Å². The van der Waals surface area contributed by atoms with Crippen molar-refractivity contribution >= 4 is 21.6 Å². The lowest BCUT2D eigenvalue weighted by Crippen LogP contribution is -2.38. The van der Waals surface area contributed by atoms with Gasteiger partial charge < -0.3 is 0 Å². The van der Waals surface area contributed by atoms with Crippen LogP contribution in [0.3, 0.4) is 0 Å². The van der Waals surface area contributed by atoms with Crippen molar-refractivity contribution in [2.45, 2.75) is 37.5 Å². The second-order valence-corrected chi connectivity index (χ2v) is 7.71. The smallest absolute Gasteiger partial charge is 0.207 e. The highest BCUT2D eigenvalue weighted by Gasteiger charge is 2.30. The topological polar surface area (TPSA) is 61.2 Å². The fourth-order valence-electron chi connectivity index (χ4n) is 2.77. The highest BCUT2D eigenvalue weighted by atomic mass is 35.5. The summed E-state index contributed by atoms with van der Waals surface area (Å²) in [6.45, 7) is 3.24. The molecule has 4 nitrogen and oxygen atoms in total. The fraction of sp³-hybridized carbons (Fsp3) is 0.533. The van der Waals surface area contributed by atoms with Gasteiger partial charge in [0, 0.05) is 13.1 Å². The molecule has 1 heterocycles. The first kappa shape index (κ1) is 16.3. The Labute approximate surface area is 131 Å². The minimum absolute atomic E-state index is 0.0945. The standard InChI is InChI=1S/C15H19ClN2O2S/c1-2-3-12-6-8-18(9-7-12)21(19,20)15-5-4-13(11-17)10-14(15)16/h4-5,10,12H,2-3,6-9H2,1H3. The van der Waals surface area contributed by atoms with Crippen LogP contribution in [0.2, 0.25) is 5.02 Å². The van der Waals surface area contributed by atoms with Crippen molar-refractivity contribution in [2.75, 3.05) is 13.1 Å². The lowest BCUT2D eigenvalue weighted by atomic mass is 9.94. The molecule has 0 unspecified atom stereocenters. The van der Waals surface area contributed by atoms with Crippen LogP contribution in [0.25, 0.3) is 0 Å². The van der Waals surface area contributed by atoms with E-state index in [0.29, 0.717) is 24.6 Å². The van der Waals surface area contributed by atoms with Crippen molar-refractivity contribution in [3.8, 4) is 6.07 Å². The molecule has 0 atom stereocenters. The van der Waals surface area contributed by atoms with E-state index in [1.807, 2.05) is 6.07 Å². The summed E-state index contributed by atoms with van der Waals surface area (Å²) in [6.07, 6.45) is 4.10. The second kappa shape index (κ2) is 6.78. The van der Waals surface area contributed by atoms with E-state index in [0.717, 1.165) is 25.7 Å². The molecule has 1 aliphatic rings. The summed E-state index contributed by atoms with van der Waals surface area (Å²) >= 11 is 6.03. The Morgan fingerprint density at radius 2 is 2.05 bits per heavy atom. The monoisotopic (exact) mass is 326 g/mol. The molecule has 0 amide bonds. The highest BCUT2D eigenvalue weighted by molar-refractivity contribution is 7.89. The van der Waals surface area contributed by atoms with Gasteiger partial charge in [0.15, 0.2) is 0 Å². The van der Waals surface area contributed by atoms with Crippen molar-refractivity contribution < 1.29 is 8.42 Å². The van der Waals surface area contributed by atoms with Gasteiger partial charge in [-0.15, -0.1) is 0 Å². The molecule has 1 aromatic carbocycles. The van der Waals surface area contributed by atoms with E-state index >= 15 is 0 Å². The maximum absolute atomic E-state index is 12.6. The molecule has 6 heteroatoms. The van der Waals surface area contributed by atoms with E-state index in [1.165, 1.54) is 22.5 Å². The molecule has 1 fully saturated rings. The van der Waals surface area contributed by atoms with Crippen molar-refractivity contribution in [2.24, 2.45) is 5.92 Å². The maximum Gasteiger partial charge on any atom is 0.244 e. The quantitative estimate of drug-likeness (QED) is 0.851. The predicted molar refractivity (Wildman–Crippen MR) is 82.6 cm³/mol. The van der Waals surface area contributed by atoms with Gasteiger partial charge in [0.1, 0.15) is 4.90 Å². The fourth-order valence-corrected chi connectivity index (χ4v) is 4.75. The zero-order valence-corrected chi connectivity index (χ0v) is 13.6. The Bertz CT molecular complexity index is 644. The summed E-state index contributed by atoms with van der Waals surface area (Å²) in [5.74, 6) is 0.623. The third-order valence-corrected chi connectivity index (χ3v) is 6.33. The third-order valence-electron chi connectivity index (χ3n) is 3.95. The van der Waals surface area contributed by atoms with Gasteiger partial charge in [0.2, 0.25) is 10.0 Å². The Balaban J connectivity index is 2.18. The van der Waals surface area contributed by atoms with Crippen LogP contribution in [0, 0.1) is 17.2 Å². The number of nitrogens with zero attached hydrogens (tertiary/aromatic N) is 2. The molecule has 0 aliphatic carbocycles. The third kappa shape index (κ3) is 3.57. The molecule has 0 N–H and O–H groups in total. The molecular formula is C15H19ClN2O2S. The van der Waals surface area contributed by atoms with Gasteiger partial charge in [-0.3, -0.25) is 0 Å². The highest BCUT2D eigenvalue weighted by Crippen LogP contribution is 2.30. The minimum Gasteiger partial charge on any atom is -0.207 e. The summed E-state index contributed by atoms with van der Waals surface area (Å²) in [5, 5.41) is 8.93. The number of hydrogen-bond acceptors (Lipinski definition) is 3. The molecule has 0 spiro atoms. The molecule has 114 valence electrons. The van der Waals surface area contributed by atoms with Crippen LogP contribution in [0.5, 0.6) is 0 Å². The summed E-state index contributed by atoms with van der Waals surface area (Å²) in [6, 6.07) is 6.27. The second-order valence-electron chi connectivity index (χ2n) is 5.39. The van der Waals surface area contributed by atoms with Gasteiger partial charge >= 0.3 is 0 Å². The van der Waals surface area contributed by atoms with Crippen molar-refractivity contribution in [1.82, 2.24) is 4.31 Å². The molecule has 1 aliphatic heterocycles. The summed E-state index contributed by atoms with van der Waals surface area (Å²) in [5.41, 5.74) is 0.362. The molecule has 0 saturated carbocycles. The first-order valence-corrected chi connectivity index (χ1v) is 9.00. The average molecular weight is 327 g/mol. The van der Waals surface area contributed by atoms with E-state index in [-0.39, 0.29) is 9.92 Å². The molecule has 0 bridgehead atoms. The van der Waals surface area contributed by atoms with Gasteiger partial charge in [-0.25, -0.2) is 8.42 Å². The lowest BCUT2D eigenvalue weighted by molar-refractivity contribution is 0.262. The summed E-state index contributed by atoms with van der Waals surface area (Å²) in [4.78, 5) is 0.0945. The van der Waals surface area contributed by atoms with Crippen molar-refractivity contribution in [3.63, 3.8) is 0 Å². The van der Waals surface area contributed by atoms with Gasteiger partial charge in [-0.1, -0.05) is 31.4 Å². The summed E-state index contributed by atoms with van der Waals surface area (Å²) < 4.78 is 26.8. The molecule has 21 heavy (non-hydrogen) atoms. The summed E-state index contributed by atoms with van der Waals surface area (Å²) in [7, 11) is -3.56. The van der Waals surface area contributed by atoms with E-state index in [4.69, 9.17) is 16.9 Å². The van der Waals surface area contributed by atoms with Crippen molar-refractivity contribution in [1.29, 1.82) is 5.26 Å². The number of hydrogen-bond donors (Lipinski definition) is 0. The normalized spacial score (nSPS) is 17.6. The first-order chi connectivity index (χ1) is 9.98.